The molecule has 0 bridgehead atoms. The lowest BCUT2D eigenvalue weighted by Gasteiger charge is -2.47. The quantitative estimate of drug-likeness (QED) is 0.920. The Morgan fingerprint density at radius 1 is 1.37 bits per heavy atom. The van der Waals surface area contributed by atoms with E-state index in [1.54, 1.807) is 0 Å². The van der Waals surface area contributed by atoms with Crippen molar-refractivity contribution in [3.63, 3.8) is 0 Å². The van der Waals surface area contributed by atoms with E-state index in [9.17, 15) is 0 Å². The number of aryl methyl sites for hydroxylation is 2. The van der Waals surface area contributed by atoms with E-state index in [2.05, 4.69) is 17.3 Å². The first-order chi connectivity index (χ1) is 9.16. The van der Waals surface area contributed by atoms with Gasteiger partial charge in [0.05, 0.1) is 16.4 Å². The van der Waals surface area contributed by atoms with E-state index >= 15 is 0 Å². The van der Waals surface area contributed by atoms with Crippen LogP contribution >= 0.6 is 11.6 Å². The van der Waals surface area contributed by atoms with E-state index < -0.39 is 0 Å². The van der Waals surface area contributed by atoms with E-state index in [1.807, 2.05) is 11.7 Å². The van der Waals surface area contributed by atoms with Gasteiger partial charge in [-0.15, -0.1) is 0 Å². The maximum Gasteiger partial charge on any atom is 0.0849 e. The molecular weight excluding hydrogens is 258 g/mol. The van der Waals surface area contributed by atoms with E-state index in [1.165, 1.54) is 31.4 Å². The van der Waals surface area contributed by atoms with Crippen molar-refractivity contribution in [1.82, 2.24) is 15.1 Å². The largest absolute Gasteiger partial charge is 0.315 e. The Morgan fingerprint density at radius 3 is 2.53 bits per heavy atom. The third-order valence-electron chi connectivity index (χ3n) is 5.20. The molecule has 1 aromatic rings. The first kappa shape index (κ1) is 13.4. The second-order valence-corrected chi connectivity index (χ2v) is 6.69. The molecule has 19 heavy (non-hydrogen) atoms. The van der Waals surface area contributed by atoms with Crippen LogP contribution in [0.4, 0.5) is 0 Å². The summed E-state index contributed by atoms with van der Waals surface area (Å²) in [5, 5.41) is 8.96. The van der Waals surface area contributed by atoms with Crippen LogP contribution in [0.5, 0.6) is 0 Å². The highest BCUT2D eigenvalue weighted by atomic mass is 35.5. The van der Waals surface area contributed by atoms with Crippen molar-refractivity contribution < 1.29 is 0 Å². The summed E-state index contributed by atoms with van der Waals surface area (Å²) >= 11 is 6.52. The van der Waals surface area contributed by atoms with Gasteiger partial charge in [0.15, 0.2) is 0 Å². The molecule has 0 radical (unpaired) electrons. The summed E-state index contributed by atoms with van der Waals surface area (Å²) in [4.78, 5) is 0. The second kappa shape index (κ2) is 5.10. The lowest BCUT2D eigenvalue weighted by atomic mass is 9.67. The molecule has 1 saturated heterocycles. The van der Waals surface area contributed by atoms with Gasteiger partial charge in [-0.05, 0) is 31.6 Å². The maximum atomic E-state index is 6.52. The molecule has 1 aliphatic carbocycles. The highest BCUT2D eigenvalue weighted by Crippen LogP contribution is 2.45. The Hall–Kier alpha value is -0.540. The van der Waals surface area contributed by atoms with Crippen LogP contribution in [0.3, 0.4) is 0 Å². The van der Waals surface area contributed by atoms with Gasteiger partial charge in [0.1, 0.15) is 0 Å². The Labute approximate surface area is 120 Å². The number of rotatable bonds is 4. The molecule has 0 aromatic carbocycles. The number of aromatic nitrogens is 2. The molecule has 4 heteroatoms. The number of halogens is 1. The third kappa shape index (κ3) is 2.21. The van der Waals surface area contributed by atoms with E-state index in [-0.39, 0.29) is 0 Å². The summed E-state index contributed by atoms with van der Waals surface area (Å²) in [6, 6.07) is 0. The van der Waals surface area contributed by atoms with Crippen LogP contribution in [-0.2, 0) is 19.9 Å². The van der Waals surface area contributed by atoms with Gasteiger partial charge in [-0.2, -0.15) is 5.10 Å². The van der Waals surface area contributed by atoms with Crippen LogP contribution in [-0.4, -0.2) is 22.9 Å². The molecule has 2 aliphatic rings. The Morgan fingerprint density at radius 2 is 2.05 bits per heavy atom. The number of nitrogens with zero attached hydrogens (tertiary/aromatic N) is 2. The molecular formula is C15H24ClN3. The van der Waals surface area contributed by atoms with Crippen LogP contribution in [0.25, 0.3) is 0 Å². The Balaban J connectivity index is 1.85. The summed E-state index contributed by atoms with van der Waals surface area (Å²) in [6.45, 7) is 4.43. The normalized spacial score (nSPS) is 22.7. The molecule has 1 N–H and O–H groups in total. The monoisotopic (exact) mass is 281 g/mol. The molecule has 2 heterocycles. The molecule has 1 aromatic heterocycles. The van der Waals surface area contributed by atoms with Crippen molar-refractivity contribution >= 4 is 11.6 Å². The van der Waals surface area contributed by atoms with E-state index in [4.69, 9.17) is 11.6 Å². The highest BCUT2D eigenvalue weighted by Gasteiger charge is 2.45. The molecule has 0 spiro atoms. The van der Waals surface area contributed by atoms with Crippen LogP contribution in [0, 0.1) is 11.3 Å². The first-order valence-corrected chi connectivity index (χ1v) is 7.95. The molecule has 0 unspecified atom stereocenters. The third-order valence-corrected chi connectivity index (χ3v) is 5.63. The summed E-state index contributed by atoms with van der Waals surface area (Å²) in [7, 11) is 2.04. The first-order valence-electron chi connectivity index (χ1n) is 7.57. The number of hydrogen-bond donors (Lipinski definition) is 1. The minimum Gasteiger partial charge on any atom is -0.315 e. The molecule has 1 aliphatic heterocycles. The maximum absolute atomic E-state index is 6.52. The van der Waals surface area contributed by atoms with Gasteiger partial charge in [0, 0.05) is 25.6 Å². The van der Waals surface area contributed by atoms with Gasteiger partial charge < -0.3 is 5.32 Å². The minimum atomic E-state index is 0.443. The topological polar surface area (TPSA) is 29.9 Å². The SMILES string of the molecule is CCc1nn(C)c(CC2(C3CCCC3)CNC2)c1Cl. The molecule has 3 rings (SSSR count). The number of hydrogen-bond acceptors (Lipinski definition) is 2. The summed E-state index contributed by atoms with van der Waals surface area (Å²) in [6.07, 6.45) is 7.63. The summed E-state index contributed by atoms with van der Waals surface area (Å²) in [5.74, 6) is 0.879. The van der Waals surface area contributed by atoms with Crippen molar-refractivity contribution in [2.24, 2.45) is 18.4 Å². The van der Waals surface area contributed by atoms with E-state index in [0.29, 0.717) is 5.41 Å². The molecule has 106 valence electrons. The van der Waals surface area contributed by atoms with Crippen molar-refractivity contribution in [2.75, 3.05) is 13.1 Å². The lowest BCUT2D eigenvalue weighted by molar-refractivity contribution is 0.0788. The molecule has 2 fully saturated rings. The predicted molar refractivity (Wildman–Crippen MR) is 78.6 cm³/mol. The predicted octanol–water partition coefficient (Wildman–Crippen LogP) is 2.96. The van der Waals surface area contributed by atoms with E-state index in [0.717, 1.165) is 42.6 Å². The van der Waals surface area contributed by atoms with Gasteiger partial charge in [-0.3, -0.25) is 4.68 Å². The minimum absolute atomic E-state index is 0.443. The summed E-state index contributed by atoms with van der Waals surface area (Å²) < 4.78 is 2.01. The molecule has 3 nitrogen and oxygen atoms in total. The highest BCUT2D eigenvalue weighted by molar-refractivity contribution is 6.31. The zero-order chi connectivity index (χ0) is 13.5. The van der Waals surface area contributed by atoms with Crippen LogP contribution in [0.1, 0.15) is 44.0 Å². The number of nitrogens with one attached hydrogen (secondary N) is 1. The molecule has 0 atom stereocenters. The Kier molecular flexibility index (Phi) is 3.61. The van der Waals surface area contributed by atoms with Gasteiger partial charge in [0.2, 0.25) is 0 Å². The van der Waals surface area contributed by atoms with Gasteiger partial charge in [0.25, 0.3) is 0 Å². The molecule has 1 saturated carbocycles. The molecule has 0 amide bonds. The lowest BCUT2D eigenvalue weighted by Crippen LogP contribution is -2.58. The van der Waals surface area contributed by atoms with Gasteiger partial charge in [-0.25, -0.2) is 0 Å². The fourth-order valence-electron chi connectivity index (χ4n) is 3.89. The van der Waals surface area contributed by atoms with Crippen molar-refractivity contribution in [3.05, 3.63) is 16.4 Å². The smallest absolute Gasteiger partial charge is 0.0849 e. The van der Waals surface area contributed by atoms with Gasteiger partial charge in [-0.1, -0.05) is 31.4 Å². The fraction of sp³-hybridized carbons (Fsp3) is 0.800. The van der Waals surface area contributed by atoms with Crippen LogP contribution in [0.15, 0.2) is 0 Å². The van der Waals surface area contributed by atoms with Crippen molar-refractivity contribution in [3.8, 4) is 0 Å². The average molecular weight is 282 g/mol. The zero-order valence-corrected chi connectivity index (χ0v) is 12.8. The average Bonchev–Trinajstić information content (AvgIpc) is 2.95. The second-order valence-electron chi connectivity index (χ2n) is 6.31. The van der Waals surface area contributed by atoms with Crippen molar-refractivity contribution in [2.45, 2.75) is 45.4 Å². The van der Waals surface area contributed by atoms with Gasteiger partial charge >= 0.3 is 0 Å². The van der Waals surface area contributed by atoms with Crippen molar-refractivity contribution in [1.29, 1.82) is 0 Å². The zero-order valence-electron chi connectivity index (χ0n) is 12.0. The van der Waals surface area contributed by atoms with Crippen LogP contribution in [0.2, 0.25) is 5.02 Å². The summed E-state index contributed by atoms with van der Waals surface area (Å²) in [5.41, 5.74) is 2.74. The van der Waals surface area contributed by atoms with Crippen LogP contribution < -0.4 is 5.32 Å². The standard InChI is InChI=1S/C15H24ClN3/c1-3-12-14(16)13(19(2)18-12)8-15(9-17-10-15)11-6-4-5-7-11/h11,17H,3-10H2,1-2H3. The fourth-order valence-corrected chi connectivity index (χ4v) is 4.25. The Bertz CT molecular complexity index is 456.